The Balaban J connectivity index is 2.09. The molecular weight excluding hydrogens is 324 g/mol. The molecule has 1 aromatic heterocycles. The van der Waals surface area contributed by atoms with Gasteiger partial charge >= 0.3 is 0 Å². The number of aromatic nitrogens is 1. The number of aryl methyl sites for hydroxylation is 2. The number of ether oxygens (including phenoxy) is 1. The average molecular weight is 342 g/mol. The fourth-order valence-corrected chi connectivity index (χ4v) is 3.79. The van der Waals surface area contributed by atoms with E-state index in [0.29, 0.717) is 17.0 Å². The lowest BCUT2D eigenvalue weighted by Gasteiger charge is -2.13. The van der Waals surface area contributed by atoms with E-state index in [1.54, 1.807) is 30.5 Å². The third kappa shape index (κ3) is 3.05. The molecule has 0 amide bonds. The summed E-state index contributed by atoms with van der Waals surface area (Å²) in [5.74, 6) is 0.475. The van der Waals surface area contributed by atoms with Crippen molar-refractivity contribution in [3.8, 4) is 5.75 Å². The molecule has 0 bridgehead atoms. The molecule has 0 saturated carbocycles. The summed E-state index contributed by atoms with van der Waals surface area (Å²) in [5, 5.41) is 0.786. The first-order chi connectivity index (χ1) is 11.4. The standard InChI is InChI=1S/C18H18N2O3S/c1-12-7-8-15(16(10-12)23-3)20-24(21,22)17-6-4-5-14-9-13(2)11-19-18(14)17/h4-11,20H,1-3H3. The van der Waals surface area contributed by atoms with Crippen LogP contribution in [0.5, 0.6) is 5.75 Å². The van der Waals surface area contributed by atoms with Crippen LogP contribution in [-0.2, 0) is 10.0 Å². The van der Waals surface area contributed by atoms with E-state index >= 15 is 0 Å². The third-order valence-electron chi connectivity index (χ3n) is 3.70. The quantitative estimate of drug-likeness (QED) is 0.785. The zero-order chi connectivity index (χ0) is 17.3. The Morgan fingerprint density at radius 1 is 1.04 bits per heavy atom. The van der Waals surface area contributed by atoms with Crippen molar-refractivity contribution in [3.05, 3.63) is 59.8 Å². The number of rotatable bonds is 4. The smallest absolute Gasteiger partial charge is 0.264 e. The van der Waals surface area contributed by atoms with Crippen molar-refractivity contribution >= 4 is 26.6 Å². The number of nitrogens with one attached hydrogen (secondary N) is 1. The number of hydrogen-bond donors (Lipinski definition) is 1. The number of hydrogen-bond acceptors (Lipinski definition) is 4. The molecule has 124 valence electrons. The van der Waals surface area contributed by atoms with Crippen LogP contribution in [-0.4, -0.2) is 20.5 Å². The van der Waals surface area contributed by atoms with Crippen LogP contribution in [0.1, 0.15) is 11.1 Å². The van der Waals surface area contributed by atoms with Gasteiger partial charge in [-0.25, -0.2) is 8.42 Å². The van der Waals surface area contributed by atoms with E-state index in [9.17, 15) is 8.42 Å². The first-order valence-electron chi connectivity index (χ1n) is 7.43. The number of para-hydroxylation sites is 1. The highest BCUT2D eigenvalue weighted by atomic mass is 32.2. The number of pyridine rings is 1. The third-order valence-corrected chi connectivity index (χ3v) is 5.10. The lowest BCUT2D eigenvalue weighted by atomic mass is 10.2. The van der Waals surface area contributed by atoms with Crippen LogP contribution in [0.3, 0.4) is 0 Å². The van der Waals surface area contributed by atoms with Crippen LogP contribution in [0.25, 0.3) is 10.9 Å². The van der Waals surface area contributed by atoms with Crippen LogP contribution in [0.4, 0.5) is 5.69 Å². The minimum atomic E-state index is -3.79. The highest BCUT2D eigenvalue weighted by Crippen LogP contribution is 2.29. The van der Waals surface area contributed by atoms with E-state index in [-0.39, 0.29) is 4.90 Å². The molecule has 2 aromatic carbocycles. The van der Waals surface area contributed by atoms with Crippen molar-refractivity contribution in [2.24, 2.45) is 0 Å². The molecule has 0 radical (unpaired) electrons. The predicted octanol–water partition coefficient (Wildman–Crippen LogP) is 3.66. The molecule has 0 aliphatic rings. The summed E-state index contributed by atoms with van der Waals surface area (Å²) in [6.07, 6.45) is 1.66. The summed E-state index contributed by atoms with van der Waals surface area (Å²) < 4.78 is 33.6. The maximum absolute atomic E-state index is 12.8. The Morgan fingerprint density at radius 2 is 1.83 bits per heavy atom. The van der Waals surface area contributed by atoms with Crippen molar-refractivity contribution in [2.75, 3.05) is 11.8 Å². The van der Waals surface area contributed by atoms with E-state index in [1.165, 1.54) is 7.11 Å². The summed E-state index contributed by atoms with van der Waals surface area (Å²) >= 11 is 0. The highest BCUT2D eigenvalue weighted by molar-refractivity contribution is 7.93. The number of nitrogens with zero attached hydrogens (tertiary/aromatic N) is 1. The van der Waals surface area contributed by atoms with E-state index in [1.807, 2.05) is 32.0 Å². The Labute approximate surface area is 141 Å². The Morgan fingerprint density at radius 3 is 2.58 bits per heavy atom. The second-order valence-corrected chi connectivity index (χ2v) is 7.30. The van der Waals surface area contributed by atoms with Gasteiger partial charge in [0.05, 0.1) is 18.3 Å². The molecule has 0 fully saturated rings. The number of benzene rings is 2. The molecule has 0 aliphatic carbocycles. The van der Waals surface area contributed by atoms with Crippen molar-refractivity contribution in [2.45, 2.75) is 18.7 Å². The summed E-state index contributed by atoms with van der Waals surface area (Å²) in [6, 6.07) is 12.3. The van der Waals surface area contributed by atoms with Gasteiger partial charge in [-0.1, -0.05) is 18.2 Å². The molecule has 5 nitrogen and oxygen atoms in total. The fourth-order valence-electron chi connectivity index (χ4n) is 2.54. The van der Waals surface area contributed by atoms with Crippen molar-refractivity contribution in [3.63, 3.8) is 0 Å². The number of fused-ring (bicyclic) bond motifs is 1. The lowest BCUT2D eigenvalue weighted by Crippen LogP contribution is -2.14. The van der Waals surface area contributed by atoms with Gasteiger partial charge < -0.3 is 4.74 Å². The van der Waals surface area contributed by atoms with Gasteiger partial charge in [-0.15, -0.1) is 0 Å². The predicted molar refractivity (Wildman–Crippen MR) is 95.0 cm³/mol. The topological polar surface area (TPSA) is 68.3 Å². The summed E-state index contributed by atoms with van der Waals surface area (Å²) in [7, 11) is -2.28. The minimum Gasteiger partial charge on any atom is -0.495 e. The molecule has 0 atom stereocenters. The van der Waals surface area contributed by atoms with Crippen LogP contribution < -0.4 is 9.46 Å². The molecule has 0 aliphatic heterocycles. The summed E-state index contributed by atoms with van der Waals surface area (Å²) in [6.45, 7) is 3.83. The highest BCUT2D eigenvalue weighted by Gasteiger charge is 2.20. The molecule has 3 aromatic rings. The van der Waals surface area contributed by atoms with Gasteiger partial charge in [-0.05, 0) is 49.2 Å². The molecule has 24 heavy (non-hydrogen) atoms. The van der Waals surface area contributed by atoms with Crippen molar-refractivity contribution in [1.82, 2.24) is 4.98 Å². The van der Waals surface area contributed by atoms with Gasteiger partial charge in [-0.3, -0.25) is 9.71 Å². The zero-order valence-corrected chi connectivity index (χ0v) is 14.5. The van der Waals surface area contributed by atoms with E-state index in [0.717, 1.165) is 16.5 Å². The summed E-state index contributed by atoms with van der Waals surface area (Å²) in [5.41, 5.74) is 2.80. The van der Waals surface area contributed by atoms with Crippen LogP contribution in [0.15, 0.2) is 53.6 Å². The molecule has 1 heterocycles. The van der Waals surface area contributed by atoms with Crippen molar-refractivity contribution in [1.29, 1.82) is 0 Å². The minimum absolute atomic E-state index is 0.141. The van der Waals surface area contributed by atoms with Gasteiger partial charge in [0, 0.05) is 11.6 Å². The average Bonchev–Trinajstić information content (AvgIpc) is 2.55. The maximum Gasteiger partial charge on any atom is 0.264 e. The first kappa shape index (κ1) is 16.3. The SMILES string of the molecule is COc1cc(C)ccc1NS(=O)(=O)c1cccc2cc(C)cnc12. The normalized spacial score (nSPS) is 11.5. The summed E-state index contributed by atoms with van der Waals surface area (Å²) in [4.78, 5) is 4.44. The monoisotopic (exact) mass is 342 g/mol. The van der Waals surface area contributed by atoms with E-state index < -0.39 is 10.0 Å². The number of methoxy groups -OCH3 is 1. The van der Waals surface area contributed by atoms with Crippen LogP contribution in [0, 0.1) is 13.8 Å². The molecule has 1 N–H and O–H groups in total. The largest absolute Gasteiger partial charge is 0.495 e. The molecule has 0 unspecified atom stereocenters. The number of anilines is 1. The van der Waals surface area contributed by atoms with Crippen molar-refractivity contribution < 1.29 is 13.2 Å². The fraction of sp³-hybridized carbons (Fsp3) is 0.167. The van der Waals surface area contributed by atoms with E-state index in [2.05, 4.69) is 9.71 Å². The second kappa shape index (κ2) is 6.13. The number of sulfonamides is 1. The molecule has 0 saturated heterocycles. The lowest BCUT2D eigenvalue weighted by molar-refractivity contribution is 0.416. The molecule has 3 rings (SSSR count). The van der Waals surface area contributed by atoms with Crippen LogP contribution in [0.2, 0.25) is 0 Å². The van der Waals surface area contributed by atoms with Gasteiger partial charge in [0.15, 0.2) is 0 Å². The van der Waals surface area contributed by atoms with Gasteiger partial charge in [-0.2, -0.15) is 0 Å². The Bertz CT molecular complexity index is 1010. The van der Waals surface area contributed by atoms with Gasteiger partial charge in [0.1, 0.15) is 10.6 Å². The first-order valence-corrected chi connectivity index (χ1v) is 8.92. The van der Waals surface area contributed by atoms with Gasteiger partial charge in [0.2, 0.25) is 0 Å². The molecule has 6 heteroatoms. The molecule has 0 spiro atoms. The zero-order valence-electron chi connectivity index (χ0n) is 13.7. The molecular formula is C18H18N2O3S. The van der Waals surface area contributed by atoms with Gasteiger partial charge in [0.25, 0.3) is 10.0 Å². The van der Waals surface area contributed by atoms with Crippen LogP contribution >= 0.6 is 0 Å². The Kier molecular flexibility index (Phi) is 4.15. The Hall–Kier alpha value is -2.60. The maximum atomic E-state index is 12.8. The second-order valence-electron chi connectivity index (χ2n) is 5.65. The van der Waals surface area contributed by atoms with E-state index in [4.69, 9.17) is 4.74 Å².